The molecule has 0 fully saturated rings. The summed E-state index contributed by atoms with van der Waals surface area (Å²) in [5, 5.41) is 5.97. The van der Waals surface area contributed by atoms with E-state index >= 15 is 0 Å². The summed E-state index contributed by atoms with van der Waals surface area (Å²) in [5.41, 5.74) is 8.95. The zero-order chi connectivity index (χ0) is 42.7. The first-order chi connectivity index (χ1) is 31.0. The fraction of sp³-hybridized carbons (Fsp3) is 0.308. The Hall–Kier alpha value is -3.94. The Kier molecular flexibility index (Phi) is 11.6. The highest BCUT2D eigenvalue weighted by molar-refractivity contribution is 7.32. The smallest absolute Gasteiger partial charge is 0.122 e. The summed E-state index contributed by atoms with van der Waals surface area (Å²) in [5.74, 6) is 1.44. The molecule has 1 aliphatic rings. The summed E-state index contributed by atoms with van der Waals surface area (Å²) >= 11 is 10.4. The van der Waals surface area contributed by atoms with Crippen LogP contribution in [0.1, 0.15) is 79.1 Å². The molecule has 63 heavy (non-hydrogen) atoms. The van der Waals surface area contributed by atoms with Crippen molar-refractivity contribution in [3.05, 3.63) is 97.1 Å². The van der Waals surface area contributed by atoms with Crippen LogP contribution in [-0.4, -0.2) is 25.6 Å². The molecule has 0 N–H and O–H groups in total. The highest BCUT2D eigenvalue weighted by atomic mass is 32.1. The van der Waals surface area contributed by atoms with Gasteiger partial charge in [0.1, 0.15) is 30.1 Å². The molecule has 7 heterocycles. The molecule has 0 saturated heterocycles. The minimum Gasteiger partial charge on any atom is -0.172 e. The third-order valence-corrected chi connectivity index (χ3v) is 25.4. The topological polar surface area (TPSA) is 51.6 Å². The van der Waals surface area contributed by atoms with Crippen molar-refractivity contribution in [2.45, 2.75) is 91.1 Å². The summed E-state index contributed by atoms with van der Waals surface area (Å²) in [6.07, 6.45) is 10.3. The molecule has 1 aliphatic heterocycles. The predicted octanol–water partition coefficient (Wildman–Crippen LogP) is 16.9. The van der Waals surface area contributed by atoms with Crippen molar-refractivity contribution in [3.8, 4) is 51.5 Å². The van der Waals surface area contributed by atoms with Crippen molar-refractivity contribution in [2.24, 2.45) is 11.8 Å². The van der Waals surface area contributed by atoms with Crippen LogP contribution in [-0.2, 0) is 0 Å². The maximum Gasteiger partial charge on any atom is 0.122 e. The summed E-state index contributed by atoms with van der Waals surface area (Å²) in [6.45, 7) is 9.64. The summed E-state index contributed by atoms with van der Waals surface area (Å²) in [7, 11) is -2.28. The van der Waals surface area contributed by atoms with E-state index in [9.17, 15) is 0 Å². The Balaban J connectivity index is 1.08. The van der Waals surface area contributed by atoms with E-state index in [2.05, 4.69) is 125 Å². The van der Waals surface area contributed by atoms with Crippen molar-refractivity contribution >= 4 is 129 Å². The summed E-state index contributed by atoms with van der Waals surface area (Å²) in [6, 6.07) is 39.4. The highest BCUT2D eigenvalue weighted by Gasteiger charge is 2.50. The number of hydrogen-bond acceptors (Lipinski definition) is 10. The first-order valence-electron chi connectivity index (χ1n) is 22.8. The number of fused-ring (bicyclic) bond motifs is 7. The maximum absolute atomic E-state index is 5.04. The Bertz CT molecular complexity index is 2970. The quantitative estimate of drug-likeness (QED) is 0.0906. The molecule has 4 nitrogen and oxygen atoms in total. The van der Waals surface area contributed by atoms with Crippen LogP contribution in [0.25, 0.3) is 93.8 Å². The molecule has 11 heteroatoms. The third kappa shape index (κ3) is 7.30. The van der Waals surface area contributed by atoms with Gasteiger partial charge in [-0.1, -0.05) is 140 Å². The van der Waals surface area contributed by atoms with Crippen LogP contribution in [0.15, 0.2) is 97.1 Å². The van der Waals surface area contributed by atoms with E-state index in [0.29, 0.717) is 0 Å². The van der Waals surface area contributed by atoms with Crippen LogP contribution < -0.4 is 10.4 Å². The number of aromatic nitrogens is 4. The minimum atomic E-state index is -2.28. The molecule has 10 aromatic rings. The second-order valence-corrected chi connectivity index (χ2v) is 27.0. The van der Waals surface area contributed by atoms with Gasteiger partial charge < -0.3 is 0 Å². The van der Waals surface area contributed by atoms with Crippen molar-refractivity contribution in [3.63, 3.8) is 0 Å². The van der Waals surface area contributed by atoms with Gasteiger partial charge in [0.25, 0.3) is 0 Å². The fourth-order valence-corrected chi connectivity index (χ4v) is 24.2. The van der Waals surface area contributed by atoms with Crippen molar-refractivity contribution in [1.82, 2.24) is 17.5 Å². The van der Waals surface area contributed by atoms with Crippen LogP contribution in [0, 0.1) is 11.8 Å². The monoisotopic (exact) mass is 950 g/mol. The molecule has 0 radical (unpaired) electrons. The van der Waals surface area contributed by atoms with Crippen LogP contribution in [0.3, 0.4) is 0 Å². The molecule has 4 aromatic carbocycles. The van der Waals surface area contributed by atoms with Gasteiger partial charge in [0, 0.05) is 60.9 Å². The Morgan fingerprint density at radius 1 is 0.460 bits per heavy atom. The van der Waals surface area contributed by atoms with E-state index in [-0.39, 0.29) is 0 Å². The standard InChI is InChI=1S/C52H50N4S6Si/c1-5-9-15-31(7-3)29-63(30-32(8-4)16-10-6-2)45-27-43(37-23-21-35(47-49(37)55-61-53-47)41-25-33-17-11-13-19-39(33)57-41)59-51(45)52-46(63)28-44(60-52)38-24-22-36(48-50(38)56-62-54-48)42-26-34-18-12-14-20-40(34)58-42/h11-14,17-28,31-32H,5-10,15-16,29-30H2,1-4H3. The van der Waals surface area contributed by atoms with Crippen LogP contribution in [0.2, 0.25) is 12.1 Å². The van der Waals surface area contributed by atoms with Gasteiger partial charge >= 0.3 is 0 Å². The number of unbranched alkanes of at least 4 members (excludes halogenated alkanes) is 2. The van der Waals surface area contributed by atoms with E-state index in [1.807, 2.05) is 45.3 Å². The molecular weight excluding hydrogens is 901 g/mol. The lowest BCUT2D eigenvalue weighted by Crippen LogP contribution is -2.56. The summed E-state index contributed by atoms with van der Waals surface area (Å²) in [4.78, 5) is 8.26. The Labute approximate surface area is 395 Å². The second-order valence-electron chi connectivity index (χ2n) is 17.6. The molecule has 11 rings (SSSR count). The van der Waals surface area contributed by atoms with Crippen molar-refractivity contribution < 1.29 is 0 Å². The molecule has 0 aliphatic carbocycles. The molecule has 0 bridgehead atoms. The molecule has 6 aromatic heterocycles. The molecule has 2 atom stereocenters. The van der Waals surface area contributed by atoms with E-state index in [1.165, 1.54) is 159 Å². The predicted molar refractivity (Wildman–Crippen MR) is 283 cm³/mol. The largest absolute Gasteiger partial charge is 0.172 e. The lowest BCUT2D eigenvalue weighted by Gasteiger charge is -2.35. The van der Waals surface area contributed by atoms with E-state index in [0.717, 1.165) is 33.9 Å². The van der Waals surface area contributed by atoms with Gasteiger partial charge in [0.15, 0.2) is 0 Å². The number of rotatable bonds is 16. The van der Waals surface area contributed by atoms with Crippen LogP contribution in [0.5, 0.6) is 0 Å². The normalized spacial score (nSPS) is 14.3. The van der Waals surface area contributed by atoms with Gasteiger partial charge in [0.05, 0.1) is 23.5 Å². The lowest BCUT2D eigenvalue weighted by molar-refractivity contribution is 0.469. The van der Waals surface area contributed by atoms with E-state index in [4.69, 9.17) is 17.5 Å². The molecule has 0 saturated carbocycles. The fourth-order valence-electron chi connectivity index (χ4n) is 10.4. The minimum absolute atomic E-state index is 0.718. The average Bonchev–Trinajstić information content (AvgIpc) is 4.17. The number of benzene rings is 4. The lowest BCUT2D eigenvalue weighted by atomic mass is 10.0. The zero-order valence-electron chi connectivity index (χ0n) is 36.2. The van der Waals surface area contributed by atoms with Gasteiger partial charge in [-0.25, -0.2) is 0 Å². The second kappa shape index (κ2) is 17.5. The SMILES string of the molecule is CCCCC(CC)C[Si]1(CC(CC)CCCC)c2cc(-c3ccc(-c4cc5ccccc5s4)c4nsnc34)sc2-c2sc(-c3ccc(-c4cc5ccccc5s4)c4nsnc34)cc21. The van der Waals surface area contributed by atoms with E-state index in [1.54, 1.807) is 10.4 Å². The maximum atomic E-state index is 5.04. The molecule has 0 spiro atoms. The van der Waals surface area contributed by atoms with Crippen LogP contribution in [0.4, 0.5) is 0 Å². The first-order valence-corrected chi connectivity index (χ1v) is 29.9. The van der Waals surface area contributed by atoms with E-state index < -0.39 is 8.07 Å². The van der Waals surface area contributed by atoms with Gasteiger partial charge in [-0.2, -0.15) is 17.5 Å². The molecule has 0 amide bonds. The Morgan fingerprint density at radius 2 is 0.841 bits per heavy atom. The summed E-state index contributed by atoms with van der Waals surface area (Å²) < 4.78 is 22.6. The number of thiophene rings is 4. The van der Waals surface area contributed by atoms with Crippen molar-refractivity contribution in [2.75, 3.05) is 0 Å². The van der Waals surface area contributed by atoms with Crippen molar-refractivity contribution in [1.29, 1.82) is 0 Å². The molecule has 2 unspecified atom stereocenters. The van der Waals surface area contributed by atoms with Crippen LogP contribution >= 0.6 is 68.8 Å². The van der Waals surface area contributed by atoms with Gasteiger partial charge in [-0.05, 0) is 81.5 Å². The highest BCUT2D eigenvalue weighted by Crippen LogP contribution is 2.51. The van der Waals surface area contributed by atoms with Gasteiger partial charge in [-0.3, -0.25) is 0 Å². The van der Waals surface area contributed by atoms with Gasteiger partial charge in [-0.15, -0.1) is 45.3 Å². The molecular formula is C52H50N4S6Si. The zero-order valence-corrected chi connectivity index (χ0v) is 42.1. The number of nitrogens with zero attached hydrogens (tertiary/aromatic N) is 4. The average molecular weight is 951 g/mol. The first kappa shape index (κ1) is 41.7. The third-order valence-electron chi connectivity index (χ3n) is 13.8. The number of hydrogen-bond donors (Lipinski definition) is 0. The van der Waals surface area contributed by atoms with Gasteiger partial charge in [0.2, 0.25) is 0 Å². The molecule has 318 valence electrons. The Morgan fingerprint density at radius 3 is 1.21 bits per heavy atom.